The van der Waals surface area contributed by atoms with E-state index in [0.29, 0.717) is 17.6 Å². The number of fused-ring (bicyclic) bond motifs is 1. The normalized spacial score (nSPS) is 13.6. The van der Waals surface area contributed by atoms with Crippen molar-refractivity contribution in [1.82, 2.24) is 14.6 Å². The Balaban J connectivity index is 2.34. The molecule has 2 rings (SSSR count). The van der Waals surface area contributed by atoms with Crippen LogP contribution in [0.3, 0.4) is 0 Å². The van der Waals surface area contributed by atoms with Gasteiger partial charge in [-0.2, -0.15) is 4.31 Å². The van der Waals surface area contributed by atoms with Gasteiger partial charge < -0.3 is 0 Å². The molecule has 0 radical (unpaired) electrons. The van der Waals surface area contributed by atoms with Gasteiger partial charge in [0.05, 0.1) is 4.91 Å². The molecule has 25 heavy (non-hydrogen) atoms. The van der Waals surface area contributed by atoms with Crippen LogP contribution in [0.5, 0.6) is 0 Å². The first-order valence-electron chi connectivity index (χ1n) is 7.72. The number of allylic oxidation sites excluding steroid dienone is 3. The summed E-state index contributed by atoms with van der Waals surface area (Å²) in [7, 11) is -3.65. The van der Waals surface area contributed by atoms with Gasteiger partial charge in [0, 0.05) is 18.0 Å². The number of rotatable bonds is 8. The van der Waals surface area contributed by atoms with E-state index in [2.05, 4.69) is 21.5 Å². The fourth-order valence-corrected chi connectivity index (χ4v) is 4.28. The minimum Gasteiger partial charge on any atom is -0.243 e. The molecule has 8 heteroatoms. The summed E-state index contributed by atoms with van der Waals surface area (Å²) in [6.45, 7) is 7.91. The highest BCUT2D eigenvalue weighted by atomic mass is 32.2. The zero-order valence-corrected chi connectivity index (χ0v) is 16.1. The van der Waals surface area contributed by atoms with E-state index >= 15 is 0 Å². The van der Waals surface area contributed by atoms with Gasteiger partial charge in [-0.3, -0.25) is 0 Å². The zero-order chi connectivity index (χ0) is 18.4. The lowest BCUT2D eigenvalue weighted by molar-refractivity contribution is 0.315. The molecule has 0 aliphatic rings. The van der Waals surface area contributed by atoms with Crippen LogP contribution < -0.4 is 0 Å². The Morgan fingerprint density at radius 1 is 1.36 bits per heavy atom. The average Bonchev–Trinajstić information content (AvgIpc) is 3.08. The third-order valence-corrected chi connectivity index (χ3v) is 6.45. The van der Waals surface area contributed by atoms with Crippen LogP contribution in [0, 0.1) is 0 Å². The van der Waals surface area contributed by atoms with Crippen molar-refractivity contribution in [2.75, 3.05) is 12.8 Å². The van der Waals surface area contributed by atoms with E-state index in [1.165, 1.54) is 22.1 Å². The summed E-state index contributed by atoms with van der Waals surface area (Å²) >= 11 is 1.48. The lowest BCUT2D eigenvalue weighted by Gasteiger charge is -2.21. The first-order valence-corrected chi connectivity index (χ1v) is 10.4. The smallest absolute Gasteiger partial charge is 0.243 e. The second kappa shape index (κ2) is 8.46. The van der Waals surface area contributed by atoms with Gasteiger partial charge in [0.2, 0.25) is 10.0 Å². The molecule has 0 unspecified atom stereocenters. The summed E-state index contributed by atoms with van der Waals surface area (Å²) in [6, 6.07) is 5.36. The fraction of sp³-hybridized carbons (Fsp3) is 0.294. The maximum atomic E-state index is 13.0. The quantitative estimate of drug-likeness (QED) is 0.651. The van der Waals surface area contributed by atoms with Crippen molar-refractivity contribution in [3.8, 4) is 0 Å². The summed E-state index contributed by atoms with van der Waals surface area (Å²) in [5.74, 6) is 0. The maximum absolute atomic E-state index is 13.0. The number of hydrogen-bond acceptors (Lipinski definition) is 6. The molecule has 134 valence electrons. The van der Waals surface area contributed by atoms with E-state index in [9.17, 15) is 8.42 Å². The van der Waals surface area contributed by atoms with Gasteiger partial charge in [-0.25, -0.2) is 13.0 Å². The number of thioether (sulfide) groups is 1. The summed E-state index contributed by atoms with van der Waals surface area (Å²) < 4.78 is 32.0. The Morgan fingerprint density at radius 3 is 2.68 bits per heavy atom. The molecule has 0 fully saturated rings. The number of sulfonamides is 1. The second-order valence-electron chi connectivity index (χ2n) is 5.16. The number of aromatic nitrogens is 2. The van der Waals surface area contributed by atoms with Crippen LogP contribution in [0.25, 0.3) is 11.0 Å². The van der Waals surface area contributed by atoms with Crippen LogP contribution in [-0.4, -0.2) is 35.8 Å². The van der Waals surface area contributed by atoms with Crippen LogP contribution in [-0.2, 0) is 16.6 Å². The molecule has 1 aromatic carbocycles. The lowest BCUT2D eigenvalue weighted by atomic mass is 10.2. The van der Waals surface area contributed by atoms with E-state index in [-0.39, 0.29) is 11.4 Å². The topological polar surface area (TPSA) is 76.3 Å². The van der Waals surface area contributed by atoms with Crippen LogP contribution in [0.1, 0.15) is 19.4 Å². The summed E-state index contributed by atoms with van der Waals surface area (Å²) in [5.41, 5.74) is 2.05. The Hall–Kier alpha value is -1.90. The lowest BCUT2D eigenvalue weighted by Crippen LogP contribution is -2.31. The number of hydrogen-bond donors (Lipinski definition) is 0. The Kier molecular flexibility index (Phi) is 6.57. The van der Waals surface area contributed by atoms with Gasteiger partial charge in [-0.15, -0.1) is 11.8 Å². The second-order valence-corrected chi connectivity index (χ2v) is 7.98. The molecular formula is C17H21N3O3S2. The van der Waals surface area contributed by atoms with Crippen LogP contribution in [0.15, 0.2) is 57.4 Å². The standard InChI is InChI=1S/C17H21N3O3S2/c1-5-14(24-4)11-15(6-2)25(21,22)20(7-3)12-13-8-9-16-17(10-13)19-23-18-16/h5-6,8-11H,2,7,12H2,1,3-4H3/b14-5+,15-11+. The highest BCUT2D eigenvalue weighted by Crippen LogP contribution is 2.23. The monoisotopic (exact) mass is 379 g/mol. The van der Waals surface area contributed by atoms with E-state index in [4.69, 9.17) is 0 Å². The molecule has 0 saturated carbocycles. The van der Waals surface area contributed by atoms with Crippen LogP contribution in [0.2, 0.25) is 0 Å². The summed E-state index contributed by atoms with van der Waals surface area (Å²) in [6.07, 6.45) is 6.78. The molecule has 0 spiro atoms. The van der Waals surface area contributed by atoms with Crippen molar-refractivity contribution in [1.29, 1.82) is 0 Å². The molecule has 1 aromatic heterocycles. The van der Waals surface area contributed by atoms with Gasteiger partial charge in [0.15, 0.2) is 0 Å². The molecular weight excluding hydrogens is 358 g/mol. The van der Waals surface area contributed by atoms with E-state index in [1.54, 1.807) is 25.1 Å². The molecule has 6 nitrogen and oxygen atoms in total. The Bertz CT molecular complexity index is 914. The Morgan fingerprint density at radius 2 is 2.08 bits per heavy atom. The van der Waals surface area contributed by atoms with Crippen molar-refractivity contribution in [3.05, 3.63) is 58.4 Å². The number of benzene rings is 1. The predicted molar refractivity (Wildman–Crippen MR) is 102 cm³/mol. The third-order valence-electron chi connectivity index (χ3n) is 3.67. The van der Waals surface area contributed by atoms with Crippen molar-refractivity contribution in [3.63, 3.8) is 0 Å². The minimum absolute atomic E-state index is 0.181. The molecule has 0 bridgehead atoms. The SMILES string of the molecule is C=C/C(=C\C(=C/C)SC)S(=O)(=O)N(CC)Cc1ccc2nonc2c1. The van der Waals surface area contributed by atoms with Gasteiger partial charge in [0.1, 0.15) is 11.0 Å². The molecule has 0 atom stereocenters. The Labute approximate surface area is 152 Å². The number of nitrogens with zero attached hydrogens (tertiary/aromatic N) is 3. The molecule has 1 heterocycles. The first kappa shape index (κ1) is 19.4. The van der Waals surface area contributed by atoms with E-state index in [1.807, 2.05) is 25.3 Å². The van der Waals surface area contributed by atoms with Crippen molar-refractivity contribution < 1.29 is 13.0 Å². The highest BCUT2D eigenvalue weighted by Gasteiger charge is 2.24. The largest absolute Gasteiger partial charge is 0.243 e. The molecule has 0 aliphatic carbocycles. The summed E-state index contributed by atoms with van der Waals surface area (Å²) in [5, 5.41) is 7.55. The minimum atomic E-state index is -3.65. The van der Waals surface area contributed by atoms with Gasteiger partial charge in [0.25, 0.3) is 0 Å². The van der Waals surface area contributed by atoms with Crippen molar-refractivity contribution >= 4 is 32.8 Å². The third kappa shape index (κ3) is 4.39. The summed E-state index contributed by atoms with van der Waals surface area (Å²) in [4.78, 5) is 1.05. The molecule has 0 aliphatic heterocycles. The predicted octanol–water partition coefficient (Wildman–Crippen LogP) is 3.71. The van der Waals surface area contributed by atoms with Gasteiger partial charge >= 0.3 is 0 Å². The highest BCUT2D eigenvalue weighted by molar-refractivity contribution is 8.02. The fourth-order valence-electron chi connectivity index (χ4n) is 2.28. The van der Waals surface area contributed by atoms with Crippen molar-refractivity contribution in [2.45, 2.75) is 20.4 Å². The van der Waals surface area contributed by atoms with Gasteiger partial charge in [-0.1, -0.05) is 25.6 Å². The molecule has 0 saturated heterocycles. The van der Waals surface area contributed by atoms with Gasteiger partial charge in [-0.05, 0) is 53.3 Å². The maximum Gasteiger partial charge on any atom is 0.243 e. The van der Waals surface area contributed by atoms with E-state index in [0.717, 1.165) is 10.5 Å². The molecule has 0 amide bonds. The van der Waals surface area contributed by atoms with Crippen LogP contribution >= 0.6 is 11.8 Å². The van der Waals surface area contributed by atoms with Crippen molar-refractivity contribution in [2.24, 2.45) is 0 Å². The van der Waals surface area contributed by atoms with Crippen LogP contribution in [0.4, 0.5) is 0 Å². The first-order chi connectivity index (χ1) is 12.0. The van der Waals surface area contributed by atoms with E-state index < -0.39 is 10.0 Å². The molecule has 2 aromatic rings. The average molecular weight is 380 g/mol. The zero-order valence-electron chi connectivity index (χ0n) is 14.5. The molecule has 0 N–H and O–H groups in total.